The number of anilines is 1. The second kappa shape index (κ2) is 7.63. The second-order valence-corrected chi connectivity index (χ2v) is 6.83. The fourth-order valence-corrected chi connectivity index (χ4v) is 3.00. The highest BCUT2D eigenvalue weighted by atomic mass is 16.6. The van der Waals surface area contributed by atoms with Crippen LogP contribution in [0.25, 0.3) is 0 Å². The third-order valence-electron chi connectivity index (χ3n) is 4.47. The molecule has 0 saturated heterocycles. The Labute approximate surface area is 165 Å². The Bertz CT molecular complexity index is 1040. The molecule has 150 valence electrons. The van der Waals surface area contributed by atoms with Gasteiger partial charge in [-0.15, -0.1) is 0 Å². The number of Topliss-reactive ketones (excluding diaryl/α,β-unsaturated/α-hetero) is 1. The van der Waals surface area contributed by atoms with E-state index in [-0.39, 0.29) is 34.1 Å². The summed E-state index contributed by atoms with van der Waals surface area (Å²) >= 11 is 0. The molecule has 1 aliphatic heterocycles. The molecule has 0 bridgehead atoms. The average Bonchev–Trinajstić information content (AvgIpc) is 2.66. The predicted molar refractivity (Wildman–Crippen MR) is 103 cm³/mol. The summed E-state index contributed by atoms with van der Waals surface area (Å²) in [7, 11) is 0. The van der Waals surface area contributed by atoms with Gasteiger partial charge in [0.1, 0.15) is 23.2 Å². The Morgan fingerprint density at radius 1 is 1.28 bits per heavy atom. The first-order valence-corrected chi connectivity index (χ1v) is 8.71. The normalized spacial score (nSPS) is 17.0. The van der Waals surface area contributed by atoms with E-state index in [0.29, 0.717) is 5.69 Å². The highest BCUT2D eigenvalue weighted by Crippen LogP contribution is 2.35. The number of ether oxygens (including phenoxy) is 1. The fourth-order valence-electron chi connectivity index (χ4n) is 3.00. The van der Waals surface area contributed by atoms with Crippen molar-refractivity contribution in [2.45, 2.75) is 20.0 Å². The minimum Gasteiger partial charge on any atom is -0.507 e. The molecule has 0 saturated carbocycles. The molecule has 9 nitrogen and oxygen atoms in total. The number of nitro groups is 1. The molecule has 1 atom stereocenters. The van der Waals surface area contributed by atoms with Crippen molar-refractivity contribution in [2.24, 2.45) is 5.92 Å². The summed E-state index contributed by atoms with van der Waals surface area (Å²) in [6.07, 6.45) is 0.820. The van der Waals surface area contributed by atoms with Gasteiger partial charge in [-0.1, -0.05) is 13.8 Å². The van der Waals surface area contributed by atoms with E-state index in [2.05, 4.69) is 5.32 Å². The molecule has 0 fully saturated rings. The lowest BCUT2D eigenvalue weighted by Crippen LogP contribution is -2.34. The van der Waals surface area contributed by atoms with Crippen LogP contribution in [0.5, 0.6) is 11.5 Å². The number of hydrogen-bond acceptors (Lipinski definition) is 7. The monoisotopic (exact) mass is 398 g/mol. The van der Waals surface area contributed by atoms with Gasteiger partial charge in [-0.2, -0.15) is 0 Å². The molecule has 0 spiro atoms. The number of carbonyl (C=O) groups excluding carboxylic acids is 1. The van der Waals surface area contributed by atoms with Gasteiger partial charge in [0.15, 0.2) is 5.78 Å². The average molecular weight is 398 g/mol. The number of rotatable bonds is 5. The quantitative estimate of drug-likeness (QED) is 0.394. The molecule has 1 aliphatic rings. The number of ketones is 1. The number of carbonyl (C=O) groups is 2. The van der Waals surface area contributed by atoms with Crippen LogP contribution in [-0.2, 0) is 0 Å². The van der Waals surface area contributed by atoms with E-state index >= 15 is 0 Å². The number of benzene rings is 2. The van der Waals surface area contributed by atoms with Crippen LogP contribution in [0.2, 0.25) is 0 Å². The summed E-state index contributed by atoms with van der Waals surface area (Å²) in [6.45, 7) is 3.74. The lowest BCUT2D eigenvalue weighted by Gasteiger charge is -2.30. The van der Waals surface area contributed by atoms with Crippen LogP contribution >= 0.6 is 0 Å². The number of phenols is 1. The number of aromatic hydroxyl groups is 1. The molecule has 0 radical (unpaired) electrons. The molecule has 2 aromatic rings. The molecule has 3 rings (SSSR count). The first-order valence-electron chi connectivity index (χ1n) is 8.71. The molecule has 0 amide bonds. The van der Waals surface area contributed by atoms with Crippen LogP contribution in [0.4, 0.5) is 11.4 Å². The Morgan fingerprint density at radius 3 is 2.59 bits per heavy atom. The molecule has 9 heteroatoms. The third-order valence-corrected chi connectivity index (χ3v) is 4.47. The minimum atomic E-state index is -1.26. The van der Waals surface area contributed by atoms with E-state index < -0.39 is 28.5 Å². The van der Waals surface area contributed by atoms with Gasteiger partial charge in [-0.3, -0.25) is 14.9 Å². The number of carboxylic acid groups (broad SMARTS) is 1. The molecule has 3 N–H and O–H groups in total. The van der Waals surface area contributed by atoms with E-state index in [0.717, 1.165) is 0 Å². The van der Waals surface area contributed by atoms with Crippen molar-refractivity contribution in [1.82, 2.24) is 0 Å². The molecule has 0 aliphatic carbocycles. The SMILES string of the molecule is CC(C)C1Oc2ccc([N+](=O)[O-])cc2C(=O)/C1=C\Nc1ccc(C(=O)O)c(O)c1. The van der Waals surface area contributed by atoms with Gasteiger partial charge in [0.25, 0.3) is 5.69 Å². The summed E-state index contributed by atoms with van der Waals surface area (Å²) in [4.78, 5) is 34.4. The Kier molecular flexibility index (Phi) is 5.22. The number of nitro benzene ring substituents is 1. The van der Waals surface area contributed by atoms with Crippen LogP contribution < -0.4 is 10.1 Å². The zero-order chi connectivity index (χ0) is 21.3. The fraction of sp³-hybridized carbons (Fsp3) is 0.200. The smallest absolute Gasteiger partial charge is 0.339 e. The Balaban J connectivity index is 1.97. The van der Waals surface area contributed by atoms with Gasteiger partial charge < -0.3 is 20.3 Å². The number of carboxylic acids is 1. The highest BCUT2D eigenvalue weighted by Gasteiger charge is 2.35. The van der Waals surface area contributed by atoms with Crippen LogP contribution in [0.1, 0.15) is 34.6 Å². The van der Waals surface area contributed by atoms with Gasteiger partial charge in [0.2, 0.25) is 0 Å². The highest BCUT2D eigenvalue weighted by molar-refractivity contribution is 6.12. The topological polar surface area (TPSA) is 139 Å². The maximum atomic E-state index is 13.0. The van der Waals surface area contributed by atoms with Crippen LogP contribution in [0.15, 0.2) is 48.2 Å². The summed E-state index contributed by atoms with van der Waals surface area (Å²) in [5.41, 5.74) is 0.245. The summed E-state index contributed by atoms with van der Waals surface area (Å²) in [5, 5.41) is 32.7. The van der Waals surface area contributed by atoms with E-state index in [1.807, 2.05) is 13.8 Å². The summed E-state index contributed by atoms with van der Waals surface area (Å²) < 4.78 is 5.90. The summed E-state index contributed by atoms with van der Waals surface area (Å²) in [5.74, 6) is -1.89. The zero-order valence-electron chi connectivity index (χ0n) is 15.6. The van der Waals surface area contributed by atoms with E-state index in [1.165, 1.54) is 42.6 Å². The van der Waals surface area contributed by atoms with E-state index in [1.54, 1.807) is 0 Å². The number of non-ortho nitro benzene ring substituents is 1. The number of hydrogen-bond donors (Lipinski definition) is 3. The van der Waals surface area contributed by atoms with Crippen LogP contribution in [0, 0.1) is 16.0 Å². The molecular formula is C20H18N2O7. The molecule has 2 aromatic carbocycles. The number of aromatic carboxylic acids is 1. The maximum Gasteiger partial charge on any atom is 0.339 e. The zero-order valence-corrected chi connectivity index (χ0v) is 15.6. The number of fused-ring (bicyclic) bond motifs is 1. The van der Waals surface area contributed by atoms with Crippen LogP contribution in [-0.4, -0.2) is 33.0 Å². The molecular weight excluding hydrogens is 380 g/mol. The number of nitrogens with one attached hydrogen (secondary N) is 1. The van der Waals surface area contributed by atoms with E-state index in [9.17, 15) is 24.8 Å². The van der Waals surface area contributed by atoms with Crippen molar-refractivity contribution in [1.29, 1.82) is 0 Å². The standard InChI is InChI=1S/C20H18N2O7/c1-10(2)19-15(9-21-11-3-5-13(20(25)26)16(23)7-11)18(24)14-8-12(22(27)28)4-6-17(14)29-19/h3-10,19,21,23H,1-2H3,(H,25,26)/b15-9+. The lowest BCUT2D eigenvalue weighted by atomic mass is 9.89. The predicted octanol–water partition coefficient (Wildman–Crippen LogP) is 3.59. The maximum absolute atomic E-state index is 13.0. The molecule has 0 aromatic heterocycles. The van der Waals surface area contributed by atoms with Crippen molar-refractivity contribution in [2.75, 3.05) is 5.32 Å². The van der Waals surface area contributed by atoms with Gasteiger partial charge in [-0.05, 0) is 24.1 Å². The number of nitrogens with zero attached hydrogens (tertiary/aromatic N) is 1. The van der Waals surface area contributed by atoms with Gasteiger partial charge in [0.05, 0.1) is 16.1 Å². The second-order valence-electron chi connectivity index (χ2n) is 6.83. The third kappa shape index (κ3) is 3.88. The molecule has 1 heterocycles. The largest absolute Gasteiger partial charge is 0.507 e. The van der Waals surface area contributed by atoms with Crippen molar-refractivity contribution < 1.29 is 29.5 Å². The minimum absolute atomic E-state index is 0.0712. The lowest BCUT2D eigenvalue weighted by molar-refractivity contribution is -0.384. The first kappa shape index (κ1) is 19.9. The molecule has 29 heavy (non-hydrogen) atoms. The van der Waals surface area contributed by atoms with Gasteiger partial charge in [-0.25, -0.2) is 4.79 Å². The van der Waals surface area contributed by atoms with Crippen molar-refractivity contribution in [3.05, 3.63) is 69.4 Å². The Hall–Kier alpha value is -3.88. The molecule has 1 unspecified atom stereocenters. The van der Waals surface area contributed by atoms with Gasteiger partial charge >= 0.3 is 5.97 Å². The van der Waals surface area contributed by atoms with Gasteiger partial charge in [0, 0.05) is 30.1 Å². The van der Waals surface area contributed by atoms with Crippen molar-refractivity contribution in [3.8, 4) is 11.5 Å². The first-order chi connectivity index (χ1) is 13.7. The van der Waals surface area contributed by atoms with Crippen molar-refractivity contribution >= 4 is 23.1 Å². The summed E-state index contributed by atoms with van der Waals surface area (Å²) in [6, 6.07) is 7.76. The van der Waals surface area contributed by atoms with Crippen LogP contribution in [0.3, 0.4) is 0 Å². The Morgan fingerprint density at radius 2 is 2.00 bits per heavy atom. The van der Waals surface area contributed by atoms with E-state index in [4.69, 9.17) is 9.84 Å². The van der Waals surface area contributed by atoms with Crippen molar-refractivity contribution in [3.63, 3.8) is 0 Å².